The minimum atomic E-state index is -3.83. The zero-order chi connectivity index (χ0) is 21.1. The van der Waals surface area contributed by atoms with Crippen LogP contribution in [-0.2, 0) is 24.7 Å². The number of rotatable bonds is 4. The van der Waals surface area contributed by atoms with Gasteiger partial charge in [-0.3, -0.25) is 9.10 Å². The Morgan fingerprint density at radius 1 is 0.967 bits per heavy atom. The van der Waals surface area contributed by atoms with Crippen LogP contribution < -0.4 is 4.31 Å². The van der Waals surface area contributed by atoms with Crippen LogP contribution in [0.25, 0.3) is 10.8 Å². The molecule has 7 nitrogen and oxygen atoms in total. The van der Waals surface area contributed by atoms with Gasteiger partial charge in [0.1, 0.15) is 6.54 Å². The Morgan fingerprint density at radius 2 is 1.67 bits per heavy atom. The molecule has 1 atom stereocenters. The second-order valence-electron chi connectivity index (χ2n) is 8.44. The molecule has 5 rings (SSSR count). The van der Waals surface area contributed by atoms with Gasteiger partial charge < -0.3 is 4.90 Å². The average molecular weight is 449 g/mol. The fraction of sp³-hybridized carbons (Fsp3) is 0.476. The summed E-state index contributed by atoms with van der Waals surface area (Å²) in [7, 11) is -6.98. The number of amides is 1. The molecular weight excluding hydrogens is 424 g/mol. The first-order valence-corrected chi connectivity index (χ1v) is 13.6. The minimum absolute atomic E-state index is 0.0146. The quantitative estimate of drug-likeness (QED) is 0.716. The normalized spacial score (nSPS) is 24.5. The minimum Gasteiger partial charge on any atom is -0.334 e. The molecule has 2 aromatic rings. The lowest BCUT2D eigenvalue weighted by atomic mass is 10.1. The summed E-state index contributed by atoms with van der Waals surface area (Å²) in [5.41, 5.74) is 0.516. The topological polar surface area (TPSA) is 91.8 Å². The number of carbonyl (C=O) groups excluding carboxylic acids is 1. The van der Waals surface area contributed by atoms with E-state index in [0.717, 1.165) is 31.1 Å². The number of hydrogen-bond donors (Lipinski definition) is 0. The summed E-state index contributed by atoms with van der Waals surface area (Å²) in [6.07, 6.45) is 4.10. The predicted octanol–water partition coefficient (Wildman–Crippen LogP) is 2.31. The van der Waals surface area contributed by atoms with Gasteiger partial charge in [0, 0.05) is 17.5 Å². The highest BCUT2D eigenvalue weighted by molar-refractivity contribution is 7.93. The Bertz CT molecular complexity index is 1230. The number of benzene rings is 2. The Hall–Kier alpha value is -2.13. The van der Waals surface area contributed by atoms with E-state index in [-0.39, 0.29) is 40.9 Å². The molecule has 0 aromatic heterocycles. The summed E-state index contributed by atoms with van der Waals surface area (Å²) in [6.45, 7) is -0.302. The van der Waals surface area contributed by atoms with Crippen molar-refractivity contribution in [2.75, 3.05) is 22.4 Å². The summed E-state index contributed by atoms with van der Waals surface area (Å²) in [5.74, 6) is -0.254. The lowest BCUT2D eigenvalue weighted by Gasteiger charge is -2.35. The molecule has 1 saturated heterocycles. The molecule has 9 heteroatoms. The van der Waals surface area contributed by atoms with Crippen molar-refractivity contribution in [3.8, 4) is 0 Å². The molecule has 2 heterocycles. The molecule has 160 valence electrons. The highest BCUT2D eigenvalue weighted by Crippen LogP contribution is 2.42. The van der Waals surface area contributed by atoms with Crippen molar-refractivity contribution in [1.29, 1.82) is 0 Å². The van der Waals surface area contributed by atoms with Crippen LogP contribution in [0.15, 0.2) is 41.3 Å². The van der Waals surface area contributed by atoms with Crippen LogP contribution in [0.2, 0.25) is 0 Å². The second-order valence-corrected chi connectivity index (χ2v) is 12.5. The van der Waals surface area contributed by atoms with Crippen LogP contribution in [-0.4, -0.2) is 57.8 Å². The number of anilines is 1. The molecule has 2 fully saturated rings. The highest BCUT2D eigenvalue weighted by Gasteiger charge is 2.42. The third-order valence-electron chi connectivity index (χ3n) is 6.57. The van der Waals surface area contributed by atoms with Crippen molar-refractivity contribution in [2.24, 2.45) is 0 Å². The number of nitrogens with zero attached hydrogens (tertiary/aromatic N) is 2. The van der Waals surface area contributed by atoms with Gasteiger partial charge in [-0.25, -0.2) is 16.8 Å². The zero-order valence-electron chi connectivity index (χ0n) is 16.5. The SMILES string of the molecule is O=C(CN1c2cccc3cccc(c23)S1(=O)=O)N(C1CCCC1)[C@@H]1CCS(=O)(=O)C1. The summed E-state index contributed by atoms with van der Waals surface area (Å²) in [4.78, 5) is 15.4. The molecule has 0 N–H and O–H groups in total. The maximum absolute atomic E-state index is 13.5. The third kappa shape index (κ3) is 3.10. The predicted molar refractivity (Wildman–Crippen MR) is 115 cm³/mol. The lowest BCUT2D eigenvalue weighted by Crippen LogP contribution is -2.51. The molecule has 0 spiro atoms. The van der Waals surface area contributed by atoms with Crippen LogP contribution in [0.3, 0.4) is 0 Å². The standard InChI is InChI=1S/C21H24N2O5S2/c24-20(23(16-7-1-2-8-16)17-11-12-29(25,26)14-17)13-22-18-9-3-5-15-6-4-10-19(21(15)18)30(22,27)28/h3-6,9-10,16-17H,1-2,7-8,11-14H2/t17-/m1/s1. The van der Waals surface area contributed by atoms with Gasteiger partial charge in [0.2, 0.25) is 5.91 Å². The first-order chi connectivity index (χ1) is 14.3. The smallest absolute Gasteiger partial charge is 0.265 e. The van der Waals surface area contributed by atoms with Gasteiger partial charge in [-0.1, -0.05) is 37.1 Å². The van der Waals surface area contributed by atoms with Gasteiger partial charge in [-0.05, 0) is 36.8 Å². The Balaban J connectivity index is 1.50. The van der Waals surface area contributed by atoms with Gasteiger partial charge in [0.15, 0.2) is 9.84 Å². The van der Waals surface area contributed by atoms with Crippen molar-refractivity contribution in [3.05, 3.63) is 36.4 Å². The summed E-state index contributed by atoms with van der Waals surface area (Å²) in [5, 5.41) is 1.46. The Morgan fingerprint density at radius 3 is 2.33 bits per heavy atom. The molecule has 2 aromatic carbocycles. The molecule has 0 unspecified atom stereocenters. The van der Waals surface area contributed by atoms with E-state index in [2.05, 4.69) is 0 Å². The first-order valence-electron chi connectivity index (χ1n) is 10.3. The molecule has 3 aliphatic rings. The van der Waals surface area contributed by atoms with Crippen molar-refractivity contribution in [1.82, 2.24) is 4.90 Å². The van der Waals surface area contributed by atoms with Gasteiger partial charge >= 0.3 is 0 Å². The highest BCUT2D eigenvalue weighted by atomic mass is 32.2. The number of sulfone groups is 1. The van der Waals surface area contributed by atoms with E-state index in [0.29, 0.717) is 17.5 Å². The summed E-state index contributed by atoms with van der Waals surface area (Å²) in [6, 6.07) is 10.1. The second kappa shape index (κ2) is 6.95. The van der Waals surface area contributed by atoms with E-state index in [9.17, 15) is 21.6 Å². The van der Waals surface area contributed by atoms with Crippen LogP contribution in [0.1, 0.15) is 32.1 Å². The van der Waals surface area contributed by atoms with E-state index in [4.69, 9.17) is 0 Å². The number of hydrogen-bond acceptors (Lipinski definition) is 5. The number of sulfonamides is 1. The van der Waals surface area contributed by atoms with Gasteiger partial charge in [-0.15, -0.1) is 0 Å². The fourth-order valence-electron chi connectivity index (χ4n) is 5.22. The van der Waals surface area contributed by atoms with E-state index < -0.39 is 19.9 Å². The zero-order valence-corrected chi connectivity index (χ0v) is 18.2. The maximum atomic E-state index is 13.5. The molecule has 1 amide bonds. The fourth-order valence-corrected chi connectivity index (χ4v) is 8.59. The maximum Gasteiger partial charge on any atom is 0.265 e. The van der Waals surface area contributed by atoms with Crippen molar-refractivity contribution in [3.63, 3.8) is 0 Å². The van der Waals surface area contributed by atoms with Gasteiger partial charge in [0.05, 0.1) is 22.1 Å². The van der Waals surface area contributed by atoms with Crippen molar-refractivity contribution in [2.45, 2.75) is 49.1 Å². The largest absolute Gasteiger partial charge is 0.334 e. The van der Waals surface area contributed by atoms with Crippen molar-refractivity contribution < 1.29 is 21.6 Å². The van der Waals surface area contributed by atoms with Crippen LogP contribution in [0.5, 0.6) is 0 Å². The molecule has 1 saturated carbocycles. The van der Waals surface area contributed by atoms with Crippen LogP contribution in [0, 0.1) is 0 Å². The first kappa shape index (κ1) is 19.8. The van der Waals surface area contributed by atoms with E-state index >= 15 is 0 Å². The van der Waals surface area contributed by atoms with Gasteiger partial charge in [0.25, 0.3) is 10.0 Å². The third-order valence-corrected chi connectivity index (χ3v) is 10.1. The van der Waals surface area contributed by atoms with Gasteiger partial charge in [-0.2, -0.15) is 0 Å². The molecule has 0 bridgehead atoms. The molecule has 2 aliphatic heterocycles. The number of carbonyl (C=O) groups is 1. The monoisotopic (exact) mass is 448 g/mol. The average Bonchev–Trinajstić information content (AvgIpc) is 3.39. The molecular formula is C21H24N2O5S2. The van der Waals surface area contributed by atoms with E-state index in [1.807, 2.05) is 12.1 Å². The lowest BCUT2D eigenvalue weighted by molar-refractivity contribution is -0.133. The van der Waals surface area contributed by atoms with Crippen LogP contribution >= 0.6 is 0 Å². The van der Waals surface area contributed by atoms with Crippen molar-refractivity contribution >= 4 is 42.2 Å². The Labute approximate surface area is 176 Å². The molecule has 30 heavy (non-hydrogen) atoms. The molecule has 0 radical (unpaired) electrons. The summed E-state index contributed by atoms with van der Waals surface area (Å²) < 4.78 is 51.8. The molecule has 1 aliphatic carbocycles. The van der Waals surface area contributed by atoms with E-state index in [1.54, 1.807) is 29.2 Å². The van der Waals surface area contributed by atoms with E-state index in [1.165, 1.54) is 4.31 Å². The summed E-state index contributed by atoms with van der Waals surface area (Å²) >= 11 is 0. The van der Waals surface area contributed by atoms with Crippen LogP contribution in [0.4, 0.5) is 5.69 Å². The Kier molecular flexibility index (Phi) is 4.59.